The average molecular weight is 325 g/mol. The van der Waals surface area contributed by atoms with Gasteiger partial charge in [0.25, 0.3) is 0 Å². The van der Waals surface area contributed by atoms with Crippen molar-refractivity contribution in [3.63, 3.8) is 0 Å². The molecule has 130 valence electrons. The van der Waals surface area contributed by atoms with Gasteiger partial charge in [-0.3, -0.25) is 4.79 Å². The molecular weight excluding hydrogens is 292 g/mol. The topological polar surface area (TPSA) is 17.1 Å². The summed E-state index contributed by atoms with van der Waals surface area (Å²) >= 11 is 0. The van der Waals surface area contributed by atoms with Gasteiger partial charge in [-0.2, -0.15) is 0 Å². The van der Waals surface area contributed by atoms with Crippen molar-refractivity contribution < 1.29 is 4.79 Å². The first-order valence-electron chi connectivity index (χ1n) is 9.66. The molecule has 0 heterocycles. The van der Waals surface area contributed by atoms with Gasteiger partial charge in [-0.1, -0.05) is 48.3 Å². The standard InChI is InChI=1S/C23H32O/c1-16(10-11-22-17(2)7-6-13-23(22,3)4)19-9-5-8-18(12-14-24)20-15-21(19)20/h10-12,14,20-21H,5-9,13,15H2,1-4H3/b11-10+,18-12+,19-16+/t20-,21+/m0/s1. The summed E-state index contributed by atoms with van der Waals surface area (Å²) in [5.41, 5.74) is 7.95. The van der Waals surface area contributed by atoms with Crippen molar-refractivity contribution in [3.8, 4) is 0 Å². The zero-order valence-electron chi connectivity index (χ0n) is 15.8. The molecule has 0 unspecified atom stereocenters. The van der Waals surface area contributed by atoms with Gasteiger partial charge in [-0.05, 0) is 87.7 Å². The molecule has 3 rings (SSSR count). The molecule has 2 fully saturated rings. The SMILES string of the molecule is CC1=C(/C=C/C(C)=C2\CCC/C(=C\C=O)[C@@H]3C[C@H]23)C(C)(C)CCC1. The van der Waals surface area contributed by atoms with Crippen LogP contribution in [0.3, 0.4) is 0 Å². The third kappa shape index (κ3) is 3.50. The summed E-state index contributed by atoms with van der Waals surface area (Å²) in [6.45, 7) is 9.37. The summed E-state index contributed by atoms with van der Waals surface area (Å²) in [4.78, 5) is 10.8. The molecule has 0 N–H and O–H groups in total. The number of hydrogen-bond donors (Lipinski definition) is 0. The quantitative estimate of drug-likeness (QED) is 0.438. The number of carbonyl (C=O) groups is 1. The molecule has 0 bridgehead atoms. The van der Waals surface area contributed by atoms with Crippen molar-refractivity contribution in [3.05, 3.63) is 46.1 Å². The minimum Gasteiger partial charge on any atom is -0.299 e. The number of allylic oxidation sites excluding steroid dienone is 8. The minimum absolute atomic E-state index is 0.315. The van der Waals surface area contributed by atoms with Crippen LogP contribution in [0.4, 0.5) is 0 Å². The van der Waals surface area contributed by atoms with Crippen molar-refractivity contribution in [1.29, 1.82) is 0 Å². The first-order chi connectivity index (χ1) is 11.4. The molecule has 0 saturated heterocycles. The molecule has 24 heavy (non-hydrogen) atoms. The molecule has 0 aromatic rings. The second-order valence-electron chi connectivity index (χ2n) is 8.65. The van der Waals surface area contributed by atoms with E-state index in [0.29, 0.717) is 17.3 Å². The fourth-order valence-electron chi connectivity index (χ4n) is 4.95. The summed E-state index contributed by atoms with van der Waals surface area (Å²) in [5.74, 6) is 1.36. The lowest BCUT2D eigenvalue weighted by molar-refractivity contribution is -0.104. The van der Waals surface area contributed by atoms with E-state index in [2.05, 4.69) is 39.8 Å². The lowest BCUT2D eigenvalue weighted by Gasteiger charge is -2.33. The molecule has 0 aliphatic heterocycles. The number of hydrogen-bond acceptors (Lipinski definition) is 1. The zero-order chi connectivity index (χ0) is 17.3. The van der Waals surface area contributed by atoms with E-state index in [-0.39, 0.29) is 0 Å². The van der Waals surface area contributed by atoms with E-state index in [4.69, 9.17) is 0 Å². The van der Waals surface area contributed by atoms with E-state index in [9.17, 15) is 4.79 Å². The van der Waals surface area contributed by atoms with Gasteiger partial charge < -0.3 is 0 Å². The van der Waals surface area contributed by atoms with Gasteiger partial charge in [-0.25, -0.2) is 0 Å². The molecule has 0 aromatic heterocycles. The number of aldehydes is 1. The highest BCUT2D eigenvalue weighted by Crippen LogP contribution is 2.54. The van der Waals surface area contributed by atoms with E-state index >= 15 is 0 Å². The van der Waals surface area contributed by atoms with Crippen LogP contribution >= 0.6 is 0 Å². The van der Waals surface area contributed by atoms with E-state index in [0.717, 1.165) is 12.7 Å². The molecule has 0 amide bonds. The maximum absolute atomic E-state index is 10.8. The second kappa shape index (κ2) is 6.86. The Balaban J connectivity index is 1.81. The largest absolute Gasteiger partial charge is 0.299 e. The van der Waals surface area contributed by atoms with Crippen LogP contribution in [0.25, 0.3) is 0 Å². The Morgan fingerprint density at radius 1 is 1.12 bits per heavy atom. The number of carbonyl (C=O) groups excluding carboxylic acids is 1. The van der Waals surface area contributed by atoms with Crippen LogP contribution in [0.2, 0.25) is 0 Å². The molecule has 1 heteroatoms. The molecule has 2 saturated carbocycles. The van der Waals surface area contributed by atoms with Crippen molar-refractivity contribution in [1.82, 2.24) is 0 Å². The Kier molecular flexibility index (Phi) is 4.99. The summed E-state index contributed by atoms with van der Waals surface area (Å²) in [6, 6.07) is 0. The third-order valence-corrected chi connectivity index (χ3v) is 6.46. The van der Waals surface area contributed by atoms with Crippen LogP contribution in [-0.4, -0.2) is 6.29 Å². The maximum Gasteiger partial charge on any atom is 0.142 e. The fraction of sp³-hybridized carbons (Fsp3) is 0.609. The smallest absolute Gasteiger partial charge is 0.142 e. The zero-order valence-corrected chi connectivity index (χ0v) is 15.8. The Hall–Kier alpha value is -1.37. The predicted molar refractivity (Wildman–Crippen MR) is 102 cm³/mol. The fourth-order valence-corrected chi connectivity index (χ4v) is 4.95. The lowest BCUT2D eigenvalue weighted by atomic mass is 9.72. The average Bonchev–Trinajstić information content (AvgIpc) is 3.29. The Morgan fingerprint density at radius 2 is 1.92 bits per heavy atom. The number of rotatable bonds is 3. The minimum atomic E-state index is 0.315. The van der Waals surface area contributed by atoms with Gasteiger partial charge in [0, 0.05) is 0 Å². The van der Waals surface area contributed by atoms with Crippen LogP contribution < -0.4 is 0 Å². The van der Waals surface area contributed by atoms with Crippen LogP contribution in [0.1, 0.15) is 72.6 Å². The van der Waals surface area contributed by atoms with Gasteiger partial charge in [0.1, 0.15) is 6.29 Å². The summed E-state index contributed by atoms with van der Waals surface area (Å²) in [6.07, 6.45) is 16.2. The molecule has 0 aromatic carbocycles. The molecule has 0 radical (unpaired) electrons. The first kappa shape index (κ1) is 17.5. The molecule has 3 aliphatic carbocycles. The van der Waals surface area contributed by atoms with E-state index in [1.807, 2.05) is 6.08 Å². The van der Waals surface area contributed by atoms with Crippen LogP contribution in [0.15, 0.2) is 46.1 Å². The highest BCUT2D eigenvalue weighted by molar-refractivity contribution is 5.66. The normalized spacial score (nSPS) is 33.4. The monoisotopic (exact) mass is 324 g/mol. The van der Waals surface area contributed by atoms with E-state index < -0.39 is 0 Å². The Bertz CT molecular complexity index is 639. The summed E-state index contributed by atoms with van der Waals surface area (Å²) < 4.78 is 0. The van der Waals surface area contributed by atoms with Gasteiger partial charge in [0.05, 0.1) is 0 Å². The molecule has 2 atom stereocenters. The van der Waals surface area contributed by atoms with E-state index in [1.54, 1.807) is 16.7 Å². The molecule has 0 spiro atoms. The molecule has 1 nitrogen and oxygen atoms in total. The molecule has 3 aliphatic rings. The Morgan fingerprint density at radius 3 is 2.62 bits per heavy atom. The van der Waals surface area contributed by atoms with Gasteiger partial charge >= 0.3 is 0 Å². The highest BCUT2D eigenvalue weighted by atomic mass is 16.1. The van der Waals surface area contributed by atoms with Crippen LogP contribution in [0.5, 0.6) is 0 Å². The Labute approximate surface area is 147 Å². The van der Waals surface area contributed by atoms with Gasteiger partial charge in [0.15, 0.2) is 0 Å². The molecular formula is C23H32O. The predicted octanol–water partition coefficient (Wildman–Crippen LogP) is 6.33. The van der Waals surface area contributed by atoms with Crippen LogP contribution in [0, 0.1) is 17.3 Å². The highest BCUT2D eigenvalue weighted by Gasteiger charge is 2.43. The summed E-state index contributed by atoms with van der Waals surface area (Å²) in [5, 5.41) is 0. The first-order valence-corrected chi connectivity index (χ1v) is 9.66. The lowest BCUT2D eigenvalue weighted by Crippen LogP contribution is -2.19. The van der Waals surface area contributed by atoms with Crippen LogP contribution in [-0.2, 0) is 4.79 Å². The summed E-state index contributed by atoms with van der Waals surface area (Å²) in [7, 11) is 0. The van der Waals surface area contributed by atoms with Crippen molar-refractivity contribution >= 4 is 6.29 Å². The van der Waals surface area contributed by atoms with Crippen molar-refractivity contribution in [2.24, 2.45) is 17.3 Å². The van der Waals surface area contributed by atoms with Gasteiger partial charge in [-0.15, -0.1) is 0 Å². The second-order valence-corrected chi connectivity index (χ2v) is 8.65. The van der Waals surface area contributed by atoms with E-state index in [1.165, 1.54) is 49.7 Å². The van der Waals surface area contributed by atoms with Crippen molar-refractivity contribution in [2.75, 3.05) is 0 Å². The third-order valence-electron chi connectivity index (χ3n) is 6.46. The van der Waals surface area contributed by atoms with Crippen molar-refractivity contribution in [2.45, 2.75) is 72.6 Å². The van der Waals surface area contributed by atoms with Gasteiger partial charge in [0.2, 0.25) is 0 Å². The maximum atomic E-state index is 10.8. The number of fused-ring (bicyclic) bond motifs is 1.